The maximum Gasteiger partial charge on any atom is 0.244 e. The lowest BCUT2D eigenvalue weighted by Gasteiger charge is -2.29. The van der Waals surface area contributed by atoms with Gasteiger partial charge in [-0.3, -0.25) is 9.10 Å². The Morgan fingerprint density at radius 3 is 2.13 bits per heavy atom. The second kappa shape index (κ2) is 10.1. The molecule has 1 amide bonds. The predicted octanol–water partition coefficient (Wildman–Crippen LogP) is 3.40. The van der Waals surface area contributed by atoms with E-state index >= 15 is 0 Å². The molecule has 0 saturated carbocycles. The van der Waals surface area contributed by atoms with Gasteiger partial charge in [0.1, 0.15) is 23.3 Å². The second-order valence-corrected chi connectivity index (χ2v) is 9.16. The molecule has 0 spiro atoms. The number of hydrogen-bond donors (Lipinski definition) is 1. The standard InChI is InChI=1S/C21H27ClN2O6S/c1-13(17-12-16(28-3)8-10-19(17)29-4)23-21(25)14(2)24(31(6,26)27)15-7-9-20(30-5)18(22)11-15/h7-14H,1-6H3,(H,23,25)/t13-,14+/m1/s1. The molecule has 0 fully saturated rings. The Hall–Kier alpha value is -2.65. The smallest absolute Gasteiger partial charge is 0.244 e. The second-order valence-electron chi connectivity index (χ2n) is 6.89. The summed E-state index contributed by atoms with van der Waals surface area (Å²) in [5.41, 5.74) is 0.948. The van der Waals surface area contributed by atoms with Crippen LogP contribution in [0.3, 0.4) is 0 Å². The van der Waals surface area contributed by atoms with E-state index in [0.29, 0.717) is 22.8 Å². The maximum atomic E-state index is 13.0. The Morgan fingerprint density at radius 2 is 1.61 bits per heavy atom. The van der Waals surface area contributed by atoms with E-state index in [1.807, 2.05) is 0 Å². The highest BCUT2D eigenvalue weighted by atomic mass is 35.5. The van der Waals surface area contributed by atoms with Crippen LogP contribution in [0.25, 0.3) is 0 Å². The summed E-state index contributed by atoms with van der Waals surface area (Å²) < 4.78 is 41.8. The minimum atomic E-state index is -3.79. The zero-order chi connectivity index (χ0) is 23.3. The van der Waals surface area contributed by atoms with Gasteiger partial charge >= 0.3 is 0 Å². The minimum absolute atomic E-state index is 0.232. The molecule has 2 aromatic carbocycles. The average Bonchev–Trinajstić information content (AvgIpc) is 2.72. The van der Waals surface area contributed by atoms with E-state index < -0.39 is 28.0 Å². The largest absolute Gasteiger partial charge is 0.497 e. The van der Waals surface area contributed by atoms with E-state index in [1.165, 1.54) is 33.3 Å². The number of ether oxygens (including phenoxy) is 3. The molecule has 0 radical (unpaired) electrons. The summed E-state index contributed by atoms with van der Waals surface area (Å²) >= 11 is 6.16. The third-order valence-corrected chi connectivity index (χ3v) is 6.28. The molecule has 0 aromatic heterocycles. The zero-order valence-electron chi connectivity index (χ0n) is 18.3. The first-order valence-electron chi connectivity index (χ1n) is 9.38. The Labute approximate surface area is 188 Å². The summed E-state index contributed by atoms with van der Waals surface area (Å²) in [7, 11) is 0.735. The fraction of sp³-hybridized carbons (Fsp3) is 0.381. The molecule has 0 bridgehead atoms. The molecule has 0 aliphatic heterocycles. The number of anilines is 1. The van der Waals surface area contributed by atoms with Gasteiger partial charge in [0, 0.05) is 5.56 Å². The van der Waals surface area contributed by atoms with Gasteiger partial charge in [0.05, 0.1) is 44.3 Å². The number of hydrogen-bond acceptors (Lipinski definition) is 6. The van der Waals surface area contributed by atoms with Gasteiger partial charge in [-0.2, -0.15) is 0 Å². The lowest BCUT2D eigenvalue weighted by Crippen LogP contribution is -2.48. The first-order chi connectivity index (χ1) is 14.5. The lowest BCUT2D eigenvalue weighted by atomic mass is 10.1. The van der Waals surface area contributed by atoms with Crippen molar-refractivity contribution in [1.29, 1.82) is 0 Å². The van der Waals surface area contributed by atoms with Crippen molar-refractivity contribution in [2.75, 3.05) is 31.9 Å². The number of nitrogens with zero attached hydrogens (tertiary/aromatic N) is 1. The highest BCUT2D eigenvalue weighted by Crippen LogP contribution is 2.32. The van der Waals surface area contributed by atoms with Crippen molar-refractivity contribution in [3.05, 3.63) is 47.0 Å². The summed E-state index contributed by atoms with van der Waals surface area (Å²) in [6, 6.07) is 8.25. The molecule has 0 aliphatic rings. The molecule has 1 N–H and O–H groups in total. The zero-order valence-corrected chi connectivity index (χ0v) is 19.9. The summed E-state index contributed by atoms with van der Waals surface area (Å²) in [6.45, 7) is 3.28. The molecule has 8 nitrogen and oxygen atoms in total. The highest BCUT2D eigenvalue weighted by molar-refractivity contribution is 7.92. The average molecular weight is 471 g/mol. The fourth-order valence-electron chi connectivity index (χ4n) is 3.19. The van der Waals surface area contributed by atoms with E-state index in [2.05, 4.69) is 5.32 Å². The van der Waals surface area contributed by atoms with Crippen LogP contribution in [-0.4, -0.2) is 48.0 Å². The van der Waals surface area contributed by atoms with Gasteiger partial charge in [-0.1, -0.05) is 11.6 Å². The summed E-state index contributed by atoms with van der Waals surface area (Å²) in [5.74, 6) is 1.09. The van der Waals surface area contributed by atoms with Crippen molar-refractivity contribution in [3.8, 4) is 17.2 Å². The molecule has 31 heavy (non-hydrogen) atoms. The van der Waals surface area contributed by atoms with Crippen LogP contribution < -0.4 is 23.8 Å². The first kappa shape index (κ1) is 24.6. The number of benzene rings is 2. The number of nitrogens with one attached hydrogen (secondary N) is 1. The normalized spacial score (nSPS) is 13.1. The quantitative estimate of drug-likeness (QED) is 0.603. The molecule has 170 valence electrons. The monoisotopic (exact) mass is 470 g/mol. The van der Waals surface area contributed by atoms with E-state index in [-0.39, 0.29) is 10.7 Å². The molecule has 2 atom stereocenters. The third kappa shape index (κ3) is 5.74. The maximum absolute atomic E-state index is 13.0. The van der Waals surface area contributed by atoms with Crippen molar-refractivity contribution in [2.24, 2.45) is 0 Å². The van der Waals surface area contributed by atoms with Gasteiger partial charge in [0.2, 0.25) is 15.9 Å². The summed E-state index contributed by atoms with van der Waals surface area (Å²) in [4.78, 5) is 13.0. The van der Waals surface area contributed by atoms with Crippen molar-refractivity contribution < 1.29 is 27.4 Å². The van der Waals surface area contributed by atoms with Gasteiger partial charge in [-0.25, -0.2) is 8.42 Å². The van der Waals surface area contributed by atoms with Crippen LogP contribution in [0.5, 0.6) is 17.2 Å². The van der Waals surface area contributed by atoms with Crippen LogP contribution in [-0.2, 0) is 14.8 Å². The minimum Gasteiger partial charge on any atom is -0.497 e. The van der Waals surface area contributed by atoms with Crippen molar-refractivity contribution in [3.63, 3.8) is 0 Å². The van der Waals surface area contributed by atoms with E-state index in [1.54, 1.807) is 38.3 Å². The summed E-state index contributed by atoms with van der Waals surface area (Å²) in [5, 5.41) is 3.08. The van der Waals surface area contributed by atoms with E-state index in [0.717, 1.165) is 10.6 Å². The number of carbonyl (C=O) groups excluding carboxylic acids is 1. The fourth-order valence-corrected chi connectivity index (χ4v) is 4.61. The van der Waals surface area contributed by atoms with Crippen LogP contribution in [0, 0.1) is 0 Å². The highest BCUT2D eigenvalue weighted by Gasteiger charge is 2.30. The predicted molar refractivity (Wildman–Crippen MR) is 121 cm³/mol. The van der Waals surface area contributed by atoms with E-state index in [9.17, 15) is 13.2 Å². The molecule has 10 heteroatoms. The molecule has 0 aliphatic carbocycles. The number of methoxy groups -OCH3 is 3. The number of halogens is 1. The molecule has 2 aromatic rings. The van der Waals surface area contributed by atoms with Gasteiger partial charge in [-0.05, 0) is 50.2 Å². The van der Waals surface area contributed by atoms with Crippen LogP contribution in [0.4, 0.5) is 5.69 Å². The molecule has 0 unspecified atom stereocenters. The third-order valence-electron chi connectivity index (χ3n) is 4.74. The van der Waals surface area contributed by atoms with Gasteiger partial charge in [0.15, 0.2) is 0 Å². The van der Waals surface area contributed by atoms with E-state index in [4.69, 9.17) is 25.8 Å². The Balaban J connectivity index is 2.33. The van der Waals surface area contributed by atoms with Crippen molar-refractivity contribution >= 4 is 33.2 Å². The number of rotatable bonds is 9. The van der Waals surface area contributed by atoms with Crippen LogP contribution in [0.1, 0.15) is 25.5 Å². The molecular weight excluding hydrogens is 444 g/mol. The van der Waals surface area contributed by atoms with Crippen molar-refractivity contribution in [1.82, 2.24) is 5.32 Å². The molecule has 0 saturated heterocycles. The number of sulfonamides is 1. The van der Waals surface area contributed by atoms with Crippen LogP contribution in [0.2, 0.25) is 5.02 Å². The van der Waals surface area contributed by atoms with Crippen LogP contribution >= 0.6 is 11.6 Å². The van der Waals surface area contributed by atoms with Gasteiger partial charge in [0.25, 0.3) is 0 Å². The Bertz CT molecular complexity index is 1040. The topological polar surface area (TPSA) is 94.2 Å². The lowest BCUT2D eigenvalue weighted by molar-refractivity contribution is -0.122. The molecular formula is C21H27ClN2O6S. The molecule has 2 rings (SSSR count). The Morgan fingerprint density at radius 1 is 1.00 bits per heavy atom. The number of amides is 1. The van der Waals surface area contributed by atoms with Gasteiger partial charge < -0.3 is 19.5 Å². The first-order valence-corrected chi connectivity index (χ1v) is 11.6. The Kier molecular flexibility index (Phi) is 8.02. The van der Waals surface area contributed by atoms with Crippen molar-refractivity contribution in [2.45, 2.75) is 25.9 Å². The summed E-state index contributed by atoms with van der Waals surface area (Å²) in [6.07, 6.45) is 1.03. The molecule has 0 heterocycles. The number of carbonyl (C=O) groups is 1. The SMILES string of the molecule is COc1ccc(OC)c([C@@H](C)NC(=O)[C@H](C)N(c2ccc(OC)c(Cl)c2)S(C)(=O)=O)c1. The van der Waals surface area contributed by atoms with Gasteiger partial charge in [-0.15, -0.1) is 0 Å². The van der Waals surface area contributed by atoms with Crippen LogP contribution in [0.15, 0.2) is 36.4 Å².